The van der Waals surface area contributed by atoms with E-state index in [1.165, 1.54) is 10.7 Å². The molecule has 1 aromatic heterocycles. The molecule has 8 nitrogen and oxygen atoms in total. The fourth-order valence-corrected chi connectivity index (χ4v) is 3.17. The molecule has 3 rings (SSSR count). The molecule has 10 heteroatoms. The van der Waals surface area contributed by atoms with Crippen LogP contribution in [0.2, 0.25) is 5.02 Å². The molecular formula is C21H23ClFN5O3. The van der Waals surface area contributed by atoms with E-state index in [2.05, 4.69) is 20.8 Å². The van der Waals surface area contributed by atoms with Gasteiger partial charge in [0.15, 0.2) is 5.82 Å². The second-order valence-electron chi connectivity index (χ2n) is 7.33. The highest BCUT2D eigenvalue weighted by atomic mass is 35.5. The predicted molar refractivity (Wildman–Crippen MR) is 114 cm³/mol. The van der Waals surface area contributed by atoms with Crippen LogP contribution in [0.3, 0.4) is 0 Å². The van der Waals surface area contributed by atoms with Gasteiger partial charge >= 0.3 is 6.09 Å². The van der Waals surface area contributed by atoms with Gasteiger partial charge in [0.25, 0.3) is 0 Å². The van der Waals surface area contributed by atoms with Gasteiger partial charge < -0.3 is 14.8 Å². The smallest absolute Gasteiger partial charge is 0.410 e. The number of carbonyl (C=O) groups is 1. The van der Waals surface area contributed by atoms with Gasteiger partial charge in [-0.25, -0.2) is 9.18 Å². The standard InChI is InChI=1S/C21H23ClFN5O3/c1-12(2)20-25-26-27-28(20)16-7-14(18-6-5-15(22)9-19(18)23)8-17(10-16)31-21(29)24-13(3)11-30-4/h5-10,12-13H,11H2,1-4H3,(H,24,29)/t13-/m1/s1. The Labute approximate surface area is 184 Å². The Kier molecular flexibility index (Phi) is 7.19. The van der Waals surface area contributed by atoms with Crippen LogP contribution in [0.4, 0.5) is 9.18 Å². The van der Waals surface area contributed by atoms with Gasteiger partial charge in [0.2, 0.25) is 0 Å². The first-order valence-corrected chi connectivity index (χ1v) is 10.0. The number of hydrogen-bond donors (Lipinski definition) is 1. The lowest BCUT2D eigenvalue weighted by atomic mass is 10.0. The number of halogens is 2. The summed E-state index contributed by atoms with van der Waals surface area (Å²) in [4.78, 5) is 12.3. The van der Waals surface area contributed by atoms with Crippen molar-refractivity contribution in [2.45, 2.75) is 32.7 Å². The Hall–Kier alpha value is -3.04. The van der Waals surface area contributed by atoms with Crippen LogP contribution in [0.15, 0.2) is 36.4 Å². The summed E-state index contributed by atoms with van der Waals surface area (Å²) in [5.41, 5.74) is 1.29. The molecular weight excluding hydrogens is 425 g/mol. The summed E-state index contributed by atoms with van der Waals surface area (Å²) in [6.45, 7) is 6.02. The Bertz CT molecular complexity index is 1070. The van der Waals surface area contributed by atoms with Crippen LogP contribution < -0.4 is 10.1 Å². The first kappa shape index (κ1) is 22.6. The van der Waals surface area contributed by atoms with Crippen molar-refractivity contribution in [3.63, 3.8) is 0 Å². The number of benzene rings is 2. The molecule has 0 aliphatic carbocycles. The molecule has 0 radical (unpaired) electrons. The Morgan fingerprint density at radius 1 is 1.23 bits per heavy atom. The van der Waals surface area contributed by atoms with Crippen LogP contribution in [0.1, 0.15) is 32.5 Å². The lowest BCUT2D eigenvalue weighted by Crippen LogP contribution is -2.37. The van der Waals surface area contributed by atoms with E-state index in [0.717, 1.165) is 0 Å². The van der Waals surface area contributed by atoms with Crippen molar-refractivity contribution in [1.82, 2.24) is 25.5 Å². The third-order valence-electron chi connectivity index (χ3n) is 4.38. The van der Waals surface area contributed by atoms with E-state index in [1.54, 1.807) is 44.4 Å². The van der Waals surface area contributed by atoms with E-state index in [1.807, 2.05) is 13.8 Å². The number of hydrogen-bond acceptors (Lipinski definition) is 6. The van der Waals surface area contributed by atoms with Gasteiger partial charge in [-0.1, -0.05) is 25.4 Å². The third-order valence-corrected chi connectivity index (χ3v) is 4.61. The fourth-order valence-electron chi connectivity index (χ4n) is 3.01. The van der Waals surface area contributed by atoms with E-state index in [4.69, 9.17) is 21.1 Å². The van der Waals surface area contributed by atoms with Crippen LogP contribution >= 0.6 is 11.6 Å². The van der Waals surface area contributed by atoms with Gasteiger partial charge in [-0.05, 0) is 53.2 Å². The van der Waals surface area contributed by atoms with E-state index in [9.17, 15) is 9.18 Å². The largest absolute Gasteiger partial charge is 0.412 e. The average molecular weight is 448 g/mol. The molecule has 0 aliphatic rings. The summed E-state index contributed by atoms with van der Waals surface area (Å²) < 4.78 is 26.6. The molecule has 0 aliphatic heterocycles. The van der Waals surface area contributed by atoms with E-state index in [-0.39, 0.29) is 22.7 Å². The molecule has 0 bridgehead atoms. The summed E-state index contributed by atoms with van der Waals surface area (Å²) in [6, 6.07) is 9.01. The highest BCUT2D eigenvalue weighted by Gasteiger charge is 2.17. The monoisotopic (exact) mass is 447 g/mol. The van der Waals surface area contributed by atoms with Crippen molar-refractivity contribution in [2.24, 2.45) is 0 Å². The number of ether oxygens (including phenoxy) is 2. The third kappa shape index (κ3) is 5.56. The Balaban J connectivity index is 2.04. The first-order valence-electron chi connectivity index (χ1n) is 9.65. The fraction of sp³-hybridized carbons (Fsp3) is 0.333. The normalized spacial score (nSPS) is 12.1. The highest BCUT2D eigenvalue weighted by Crippen LogP contribution is 2.31. The molecule has 0 unspecified atom stereocenters. The van der Waals surface area contributed by atoms with Crippen LogP contribution in [-0.4, -0.2) is 46.1 Å². The SMILES string of the molecule is COC[C@@H](C)NC(=O)Oc1cc(-c2ccc(Cl)cc2F)cc(-n2nnnc2C(C)C)c1. The minimum atomic E-state index is -0.662. The molecule has 31 heavy (non-hydrogen) atoms. The number of carbonyl (C=O) groups excluding carboxylic acids is 1. The zero-order chi connectivity index (χ0) is 22.5. The molecule has 1 N–H and O–H groups in total. The van der Waals surface area contributed by atoms with Gasteiger partial charge in [-0.2, -0.15) is 4.68 Å². The molecule has 0 saturated carbocycles. The van der Waals surface area contributed by atoms with Crippen molar-refractivity contribution in [3.05, 3.63) is 53.1 Å². The molecule has 0 fully saturated rings. The van der Waals surface area contributed by atoms with E-state index in [0.29, 0.717) is 29.2 Å². The summed E-state index contributed by atoms with van der Waals surface area (Å²) in [6.07, 6.45) is -0.662. The van der Waals surface area contributed by atoms with Crippen molar-refractivity contribution in [3.8, 4) is 22.6 Å². The zero-order valence-corrected chi connectivity index (χ0v) is 18.4. The Morgan fingerprint density at radius 3 is 2.68 bits per heavy atom. The molecule has 0 saturated heterocycles. The number of nitrogens with zero attached hydrogens (tertiary/aromatic N) is 4. The first-order chi connectivity index (χ1) is 14.8. The zero-order valence-electron chi connectivity index (χ0n) is 17.6. The number of tetrazole rings is 1. The van der Waals surface area contributed by atoms with Crippen molar-refractivity contribution in [1.29, 1.82) is 0 Å². The van der Waals surface area contributed by atoms with Gasteiger partial charge in [0, 0.05) is 29.7 Å². The summed E-state index contributed by atoms with van der Waals surface area (Å²) >= 11 is 5.89. The van der Waals surface area contributed by atoms with Gasteiger partial charge in [0.05, 0.1) is 18.3 Å². The van der Waals surface area contributed by atoms with Gasteiger partial charge in [-0.3, -0.25) is 0 Å². The minimum Gasteiger partial charge on any atom is -0.410 e. The van der Waals surface area contributed by atoms with Crippen molar-refractivity contribution < 1.29 is 18.7 Å². The quantitative estimate of drug-likeness (QED) is 0.578. The number of aromatic nitrogens is 4. The lowest BCUT2D eigenvalue weighted by molar-refractivity contribution is 0.159. The molecule has 1 heterocycles. The number of amides is 1. The number of rotatable bonds is 7. The molecule has 2 aromatic carbocycles. The van der Waals surface area contributed by atoms with E-state index < -0.39 is 11.9 Å². The molecule has 1 amide bonds. The maximum absolute atomic E-state index is 14.6. The minimum absolute atomic E-state index is 0.0356. The second kappa shape index (κ2) is 9.84. The van der Waals surface area contributed by atoms with Gasteiger partial charge in [-0.15, -0.1) is 5.10 Å². The van der Waals surface area contributed by atoms with Crippen LogP contribution in [-0.2, 0) is 4.74 Å². The highest BCUT2D eigenvalue weighted by molar-refractivity contribution is 6.30. The lowest BCUT2D eigenvalue weighted by Gasteiger charge is -2.15. The summed E-state index contributed by atoms with van der Waals surface area (Å²) in [7, 11) is 1.54. The second-order valence-corrected chi connectivity index (χ2v) is 7.77. The van der Waals surface area contributed by atoms with Crippen LogP contribution in [0.5, 0.6) is 5.75 Å². The van der Waals surface area contributed by atoms with E-state index >= 15 is 0 Å². The van der Waals surface area contributed by atoms with Crippen LogP contribution in [0.25, 0.3) is 16.8 Å². The molecule has 1 atom stereocenters. The molecule has 3 aromatic rings. The predicted octanol–water partition coefficient (Wildman–Crippen LogP) is 4.37. The van der Waals surface area contributed by atoms with Crippen molar-refractivity contribution in [2.75, 3.05) is 13.7 Å². The number of nitrogens with one attached hydrogen (secondary N) is 1. The number of methoxy groups -OCH3 is 1. The molecule has 164 valence electrons. The Morgan fingerprint density at radius 2 is 2.00 bits per heavy atom. The maximum Gasteiger partial charge on any atom is 0.412 e. The summed E-state index contributed by atoms with van der Waals surface area (Å²) in [5, 5.41) is 14.8. The molecule has 0 spiro atoms. The van der Waals surface area contributed by atoms with Gasteiger partial charge in [0.1, 0.15) is 11.6 Å². The topological polar surface area (TPSA) is 91.2 Å². The summed E-state index contributed by atoms with van der Waals surface area (Å²) in [5.74, 6) is 0.343. The maximum atomic E-state index is 14.6. The van der Waals surface area contributed by atoms with Crippen LogP contribution in [0, 0.1) is 5.82 Å². The average Bonchev–Trinajstić information content (AvgIpc) is 3.18. The van der Waals surface area contributed by atoms with Crippen molar-refractivity contribution >= 4 is 17.7 Å².